The molecule has 1 saturated carbocycles. The van der Waals surface area contributed by atoms with Gasteiger partial charge in [0.1, 0.15) is 5.82 Å². The van der Waals surface area contributed by atoms with Crippen molar-refractivity contribution in [1.29, 1.82) is 0 Å². The Kier molecular flexibility index (Phi) is 3.29. The van der Waals surface area contributed by atoms with Gasteiger partial charge in [0.05, 0.1) is 0 Å². The van der Waals surface area contributed by atoms with Gasteiger partial charge in [-0.2, -0.15) is 0 Å². The van der Waals surface area contributed by atoms with Gasteiger partial charge >= 0.3 is 0 Å². The van der Waals surface area contributed by atoms with Crippen LogP contribution < -0.4 is 11.1 Å². The van der Waals surface area contributed by atoms with E-state index in [4.69, 9.17) is 5.73 Å². The smallest absolute Gasteiger partial charge is 0.200 e. The molecule has 3 N–H and O–H groups in total. The van der Waals surface area contributed by atoms with Crippen LogP contribution >= 0.6 is 0 Å². The summed E-state index contributed by atoms with van der Waals surface area (Å²) in [6, 6.07) is 3.75. The quantitative estimate of drug-likeness (QED) is 0.847. The van der Waals surface area contributed by atoms with Crippen molar-refractivity contribution in [2.24, 2.45) is 11.1 Å². The van der Waals surface area contributed by atoms with Crippen LogP contribution in [-0.4, -0.2) is 38.3 Å². The second-order valence-corrected chi connectivity index (χ2v) is 5.36. The molecule has 0 amide bonds. The maximum atomic E-state index is 5.98. The van der Waals surface area contributed by atoms with E-state index in [1.807, 2.05) is 12.1 Å². The normalized spacial score (nSPS) is 18.6. The summed E-state index contributed by atoms with van der Waals surface area (Å²) >= 11 is 0. The van der Waals surface area contributed by atoms with Crippen molar-refractivity contribution in [3.8, 4) is 0 Å². The molecule has 1 fully saturated rings. The molecule has 0 bridgehead atoms. The lowest BCUT2D eigenvalue weighted by Gasteiger charge is -2.36. The van der Waals surface area contributed by atoms with Gasteiger partial charge in [0.25, 0.3) is 0 Å². The number of hydrogen-bond donors (Lipinski definition) is 2. The Hall–Kier alpha value is -1.76. The van der Waals surface area contributed by atoms with Gasteiger partial charge in [-0.05, 0) is 47.4 Å². The average Bonchev–Trinajstić information content (AvgIpc) is 2.93. The summed E-state index contributed by atoms with van der Waals surface area (Å²) in [4.78, 5) is 0. The Morgan fingerprint density at radius 3 is 2.89 bits per heavy atom. The predicted molar refractivity (Wildman–Crippen MR) is 71.6 cm³/mol. The molecule has 2 aromatic rings. The number of nitrogens with one attached hydrogen (secondary N) is 1. The maximum absolute atomic E-state index is 5.98. The van der Waals surface area contributed by atoms with E-state index >= 15 is 0 Å². The molecule has 3 rings (SSSR count). The van der Waals surface area contributed by atoms with E-state index in [1.54, 1.807) is 0 Å². The number of tetrazole rings is 1. The largest absolute Gasteiger partial charge is 0.368 e. The van der Waals surface area contributed by atoms with E-state index in [1.165, 1.54) is 36.7 Å². The Morgan fingerprint density at radius 2 is 2.11 bits per heavy atom. The van der Waals surface area contributed by atoms with Gasteiger partial charge in [0.15, 0.2) is 5.65 Å². The van der Waals surface area contributed by atoms with E-state index in [0.29, 0.717) is 5.65 Å². The highest BCUT2D eigenvalue weighted by atomic mass is 15.6. The minimum absolute atomic E-state index is 0.218. The molecular formula is C12H19N7. The first kappa shape index (κ1) is 12.3. The van der Waals surface area contributed by atoms with Crippen LogP contribution in [0.1, 0.15) is 32.1 Å². The summed E-state index contributed by atoms with van der Waals surface area (Å²) < 4.78 is 1.43. The lowest BCUT2D eigenvalue weighted by atomic mass is 9.74. The van der Waals surface area contributed by atoms with Crippen LogP contribution in [0.15, 0.2) is 12.1 Å². The molecule has 0 radical (unpaired) electrons. The first-order valence-corrected chi connectivity index (χ1v) is 6.81. The molecule has 1 aliphatic rings. The van der Waals surface area contributed by atoms with Crippen LogP contribution in [0.3, 0.4) is 0 Å². The summed E-state index contributed by atoms with van der Waals surface area (Å²) in [7, 11) is 0. The van der Waals surface area contributed by atoms with E-state index in [2.05, 4.69) is 25.9 Å². The molecule has 0 saturated heterocycles. The maximum Gasteiger partial charge on any atom is 0.200 e. The first-order valence-electron chi connectivity index (χ1n) is 6.81. The fraction of sp³-hybridized carbons (Fsp3) is 0.667. The second kappa shape index (κ2) is 5.08. The monoisotopic (exact) mass is 261 g/mol. The molecule has 0 atom stereocenters. The van der Waals surface area contributed by atoms with Gasteiger partial charge < -0.3 is 11.1 Å². The van der Waals surface area contributed by atoms with Gasteiger partial charge in [-0.25, -0.2) is 0 Å². The number of nitrogens with two attached hydrogens (primary N) is 1. The van der Waals surface area contributed by atoms with Crippen LogP contribution in [0, 0.1) is 5.41 Å². The van der Waals surface area contributed by atoms with Crippen molar-refractivity contribution in [2.45, 2.75) is 32.1 Å². The molecule has 7 nitrogen and oxygen atoms in total. The fourth-order valence-corrected chi connectivity index (χ4v) is 2.78. The van der Waals surface area contributed by atoms with Crippen molar-refractivity contribution in [3.05, 3.63) is 12.1 Å². The van der Waals surface area contributed by atoms with Crippen LogP contribution in [0.4, 0.5) is 5.82 Å². The third-order valence-electron chi connectivity index (χ3n) is 4.06. The van der Waals surface area contributed by atoms with E-state index in [0.717, 1.165) is 18.9 Å². The van der Waals surface area contributed by atoms with Gasteiger partial charge in [-0.1, -0.05) is 19.3 Å². The average molecular weight is 261 g/mol. The molecule has 0 aliphatic heterocycles. The first-order chi connectivity index (χ1) is 9.31. The molecule has 102 valence electrons. The zero-order chi connectivity index (χ0) is 13.1. The third-order valence-corrected chi connectivity index (χ3v) is 4.06. The van der Waals surface area contributed by atoms with Crippen molar-refractivity contribution >= 4 is 11.5 Å². The summed E-state index contributed by atoms with van der Waals surface area (Å²) in [6.45, 7) is 1.59. The lowest BCUT2D eigenvalue weighted by Crippen LogP contribution is -2.39. The number of fused-ring (bicyclic) bond motifs is 1. The highest BCUT2D eigenvalue weighted by molar-refractivity contribution is 5.42. The molecule has 19 heavy (non-hydrogen) atoms. The fourth-order valence-electron chi connectivity index (χ4n) is 2.78. The molecule has 0 aromatic carbocycles. The van der Waals surface area contributed by atoms with Gasteiger partial charge in [-0.15, -0.1) is 14.8 Å². The number of rotatable bonds is 4. The summed E-state index contributed by atoms with van der Waals surface area (Å²) in [6.07, 6.45) is 6.28. The minimum atomic E-state index is 0.218. The van der Waals surface area contributed by atoms with Gasteiger partial charge in [0, 0.05) is 6.54 Å². The highest BCUT2D eigenvalue weighted by Crippen LogP contribution is 2.35. The molecule has 0 unspecified atom stereocenters. The van der Waals surface area contributed by atoms with Crippen molar-refractivity contribution < 1.29 is 0 Å². The van der Waals surface area contributed by atoms with Crippen LogP contribution in [0.5, 0.6) is 0 Å². The Bertz CT molecular complexity index is 544. The van der Waals surface area contributed by atoms with Crippen LogP contribution in [-0.2, 0) is 0 Å². The number of aromatic nitrogens is 5. The van der Waals surface area contributed by atoms with E-state index < -0.39 is 0 Å². The summed E-state index contributed by atoms with van der Waals surface area (Å²) in [5.41, 5.74) is 6.85. The number of hydrogen-bond acceptors (Lipinski definition) is 6. The highest BCUT2D eigenvalue weighted by Gasteiger charge is 2.30. The van der Waals surface area contributed by atoms with E-state index in [-0.39, 0.29) is 5.41 Å². The standard InChI is InChI=1S/C12H19N7/c13-8-12(6-2-1-3-7-12)9-14-10-4-5-11-15-17-18-19(11)16-10/h4-5H,1-3,6-9,13H2,(H,14,16). The Labute approximate surface area is 111 Å². The Morgan fingerprint density at radius 1 is 1.26 bits per heavy atom. The molecule has 1 aliphatic carbocycles. The van der Waals surface area contributed by atoms with Crippen LogP contribution in [0.2, 0.25) is 0 Å². The Balaban J connectivity index is 1.70. The summed E-state index contributed by atoms with van der Waals surface area (Å²) in [5.74, 6) is 0.790. The predicted octanol–water partition coefficient (Wildman–Crippen LogP) is 0.840. The lowest BCUT2D eigenvalue weighted by molar-refractivity contribution is 0.215. The van der Waals surface area contributed by atoms with Crippen molar-refractivity contribution in [2.75, 3.05) is 18.4 Å². The number of nitrogens with zero attached hydrogens (tertiary/aromatic N) is 5. The third kappa shape index (κ3) is 2.51. The van der Waals surface area contributed by atoms with Gasteiger partial charge in [-0.3, -0.25) is 0 Å². The molecule has 0 spiro atoms. The number of anilines is 1. The molecule has 2 heterocycles. The van der Waals surface area contributed by atoms with Gasteiger partial charge in [0.2, 0.25) is 0 Å². The van der Waals surface area contributed by atoms with Crippen LogP contribution in [0.25, 0.3) is 5.65 Å². The SMILES string of the molecule is NCC1(CNc2ccc3nnnn3n2)CCCCC1. The zero-order valence-electron chi connectivity index (χ0n) is 10.9. The summed E-state index contributed by atoms with van der Waals surface area (Å²) in [5, 5.41) is 18.9. The molecule has 7 heteroatoms. The molecular weight excluding hydrogens is 242 g/mol. The van der Waals surface area contributed by atoms with Crippen molar-refractivity contribution in [1.82, 2.24) is 25.3 Å². The topological polar surface area (TPSA) is 94.0 Å². The van der Waals surface area contributed by atoms with E-state index in [9.17, 15) is 0 Å². The second-order valence-electron chi connectivity index (χ2n) is 5.36. The molecule has 2 aromatic heterocycles. The zero-order valence-corrected chi connectivity index (χ0v) is 10.9. The van der Waals surface area contributed by atoms with Crippen molar-refractivity contribution in [3.63, 3.8) is 0 Å². The minimum Gasteiger partial charge on any atom is -0.368 e.